The molecule has 0 aliphatic carbocycles. The quantitative estimate of drug-likeness (QED) is 0.859. The van der Waals surface area contributed by atoms with Crippen molar-refractivity contribution in [3.05, 3.63) is 29.3 Å². The molecule has 98 valence electrons. The smallest absolute Gasteiger partial charge is 0.0932 e. The topological polar surface area (TPSA) is 60.6 Å². The lowest BCUT2D eigenvalue weighted by atomic mass is 10.1. The van der Waals surface area contributed by atoms with Crippen LogP contribution in [-0.4, -0.2) is 31.8 Å². The van der Waals surface area contributed by atoms with Gasteiger partial charge < -0.3 is 5.32 Å². The van der Waals surface area contributed by atoms with Crippen LogP contribution < -0.4 is 5.32 Å². The molecule has 0 saturated carbocycles. The fourth-order valence-electron chi connectivity index (χ4n) is 2.22. The summed E-state index contributed by atoms with van der Waals surface area (Å²) in [7, 11) is 3.90. The van der Waals surface area contributed by atoms with E-state index in [1.807, 2.05) is 36.6 Å². The number of aromatic nitrogens is 5. The van der Waals surface area contributed by atoms with Crippen LogP contribution >= 0.6 is 0 Å². The first-order chi connectivity index (χ1) is 8.67. The third kappa shape index (κ3) is 2.28. The summed E-state index contributed by atoms with van der Waals surface area (Å²) in [4.78, 5) is 0. The van der Waals surface area contributed by atoms with E-state index >= 15 is 0 Å². The molecule has 0 aromatic carbocycles. The van der Waals surface area contributed by atoms with E-state index in [1.54, 1.807) is 0 Å². The fraction of sp³-hybridized carbons (Fsp3) is 0.583. The fourth-order valence-corrected chi connectivity index (χ4v) is 2.22. The van der Waals surface area contributed by atoms with Gasteiger partial charge in [-0.05, 0) is 26.5 Å². The van der Waals surface area contributed by atoms with Crippen molar-refractivity contribution < 1.29 is 0 Å². The van der Waals surface area contributed by atoms with Crippen LogP contribution in [0.4, 0.5) is 0 Å². The maximum absolute atomic E-state index is 4.39. The summed E-state index contributed by atoms with van der Waals surface area (Å²) in [6, 6.07) is 2.16. The van der Waals surface area contributed by atoms with Gasteiger partial charge in [-0.2, -0.15) is 5.10 Å². The zero-order chi connectivity index (χ0) is 13.1. The molecular weight excluding hydrogens is 228 g/mol. The minimum absolute atomic E-state index is 0.0674. The van der Waals surface area contributed by atoms with E-state index in [4.69, 9.17) is 0 Å². The molecule has 1 atom stereocenters. The predicted molar refractivity (Wildman–Crippen MR) is 69.2 cm³/mol. The Balaban J connectivity index is 2.39. The van der Waals surface area contributed by atoms with Gasteiger partial charge in [-0.15, -0.1) is 5.10 Å². The van der Waals surface area contributed by atoms with Gasteiger partial charge >= 0.3 is 0 Å². The molecular formula is C12H20N6. The lowest BCUT2D eigenvalue weighted by Gasteiger charge is -2.17. The van der Waals surface area contributed by atoms with Crippen molar-refractivity contribution in [1.29, 1.82) is 0 Å². The normalized spacial score (nSPS) is 12.9. The average Bonchev–Trinajstić information content (AvgIpc) is 2.89. The van der Waals surface area contributed by atoms with Crippen molar-refractivity contribution in [2.45, 2.75) is 32.9 Å². The molecule has 0 aliphatic rings. The number of rotatable bonds is 5. The molecule has 0 aliphatic heterocycles. The van der Waals surface area contributed by atoms with Gasteiger partial charge in [0.1, 0.15) is 0 Å². The van der Waals surface area contributed by atoms with Crippen LogP contribution in [0.5, 0.6) is 0 Å². The van der Waals surface area contributed by atoms with Crippen molar-refractivity contribution in [1.82, 2.24) is 30.1 Å². The van der Waals surface area contributed by atoms with Gasteiger partial charge in [-0.25, -0.2) is 4.68 Å². The second kappa shape index (κ2) is 5.30. The molecule has 0 saturated heterocycles. The van der Waals surface area contributed by atoms with Gasteiger partial charge in [-0.3, -0.25) is 4.68 Å². The van der Waals surface area contributed by atoms with Crippen molar-refractivity contribution in [3.8, 4) is 0 Å². The number of nitrogens with zero attached hydrogens (tertiary/aromatic N) is 5. The molecule has 0 spiro atoms. The molecule has 0 bridgehead atoms. The molecule has 6 nitrogen and oxygen atoms in total. The van der Waals surface area contributed by atoms with Gasteiger partial charge in [-0.1, -0.05) is 12.1 Å². The Bertz CT molecular complexity index is 512. The van der Waals surface area contributed by atoms with Crippen molar-refractivity contribution in [3.63, 3.8) is 0 Å². The third-order valence-corrected chi connectivity index (χ3v) is 3.00. The molecule has 0 amide bonds. The van der Waals surface area contributed by atoms with Gasteiger partial charge in [0.25, 0.3) is 0 Å². The molecule has 1 N–H and O–H groups in total. The second-order valence-electron chi connectivity index (χ2n) is 4.44. The van der Waals surface area contributed by atoms with E-state index in [1.165, 1.54) is 0 Å². The van der Waals surface area contributed by atoms with Gasteiger partial charge in [0.05, 0.1) is 29.3 Å². The largest absolute Gasteiger partial charge is 0.307 e. The summed E-state index contributed by atoms with van der Waals surface area (Å²) in [6.07, 6.45) is 2.86. The molecule has 0 radical (unpaired) electrons. The molecule has 2 heterocycles. The van der Waals surface area contributed by atoms with Crippen LogP contribution in [0, 0.1) is 6.92 Å². The van der Waals surface area contributed by atoms with Crippen LogP contribution in [0.3, 0.4) is 0 Å². The SMILES string of the molecule is CCCn1nncc1C(NC)c1cc(C)nn1C. The Kier molecular flexibility index (Phi) is 3.76. The predicted octanol–water partition coefficient (Wildman–Crippen LogP) is 1.04. The van der Waals surface area contributed by atoms with E-state index in [2.05, 4.69) is 33.7 Å². The first-order valence-electron chi connectivity index (χ1n) is 6.23. The minimum Gasteiger partial charge on any atom is -0.307 e. The summed E-state index contributed by atoms with van der Waals surface area (Å²) >= 11 is 0. The lowest BCUT2D eigenvalue weighted by molar-refractivity contribution is 0.507. The van der Waals surface area contributed by atoms with Gasteiger partial charge in [0, 0.05) is 13.6 Å². The molecule has 0 fully saturated rings. The summed E-state index contributed by atoms with van der Waals surface area (Å²) in [5.41, 5.74) is 3.21. The number of nitrogens with one attached hydrogen (secondary N) is 1. The van der Waals surface area contributed by atoms with Crippen LogP contribution in [0.2, 0.25) is 0 Å². The number of hydrogen-bond donors (Lipinski definition) is 1. The highest BCUT2D eigenvalue weighted by atomic mass is 15.4. The average molecular weight is 248 g/mol. The summed E-state index contributed by atoms with van der Waals surface area (Å²) in [6.45, 7) is 5.01. The molecule has 18 heavy (non-hydrogen) atoms. The Morgan fingerprint density at radius 2 is 2.17 bits per heavy atom. The highest BCUT2D eigenvalue weighted by Crippen LogP contribution is 2.21. The first kappa shape index (κ1) is 12.8. The van der Waals surface area contributed by atoms with Crippen molar-refractivity contribution >= 4 is 0 Å². The standard InChI is InChI=1S/C12H20N6/c1-5-6-18-11(8-14-16-18)12(13-3)10-7-9(2)15-17(10)4/h7-8,12-13H,5-6H2,1-4H3. The first-order valence-corrected chi connectivity index (χ1v) is 6.23. The zero-order valence-corrected chi connectivity index (χ0v) is 11.4. The van der Waals surface area contributed by atoms with Crippen LogP contribution in [0.15, 0.2) is 12.3 Å². The second-order valence-corrected chi connectivity index (χ2v) is 4.44. The summed E-state index contributed by atoms with van der Waals surface area (Å²) in [5, 5.41) is 15.9. The van der Waals surface area contributed by atoms with Crippen LogP contribution in [-0.2, 0) is 13.6 Å². The maximum Gasteiger partial charge on any atom is 0.0932 e. The highest BCUT2D eigenvalue weighted by molar-refractivity contribution is 5.22. The third-order valence-electron chi connectivity index (χ3n) is 3.00. The van der Waals surface area contributed by atoms with Crippen LogP contribution in [0.1, 0.15) is 36.5 Å². The van der Waals surface area contributed by atoms with E-state index in [-0.39, 0.29) is 6.04 Å². The zero-order valence-electron chi connectivity index (χ0n) is 11.4. The van der Waals surface area contributed by atoms with Crippen molar-refractivity contribution in [2.75, 3.05) is 7.05 Å². The van der Waals surface area contributed by atoms with E-state index in [0.717, 1.165) is 30.0 Å². The minimum atomic E-state index is 0.0674. The van der Waals surface area contributed by atoms with Crippen molar-refractivity contribution in [2.24, 2.45) is 7.05 Å². The molecule has 2 aromatic heterocycles. The molecule has 2 rings (SSSR count). The Labute approximate surface area is 107 Å². The Morgan fingerprint density at radius 3 is 2.72 bits per heavy atom. The van der Waals surface area contributed by atoms with E-state index < -0.39 is 0 Å². The molecule has 2 aromatic rings. The lowest BCUT2D eigenvalue weighted by Crippen LogP contribution is -2.23. The van der Waals surface area contributed by atoms with Gasteiger partial charge in [0.2, 0.25) is 0 Å². The van der Waals surface area contributed by atoms with E-state index in [0.29, 0.717) is 0 Å². The Morgan fingerprint density at radius 1 is 1.39 bits per heavy atom. The molecule has 6 heteroatoms. The molecule has 1 unspecified atom stereocenters. The Hall–Kier alpha value is -1.69. The monoisotopic (exact) mass is 248 g/mol. The van der Waals surface area contributed by atoms with Gasteiger partial charge in [0.15, 0.2) is 0 Å². The highest BCUT2D eigenvalue weighted by Gasteiger charge is 2.20. The number of hydrogen-bond acceptors (Lipinski definition) is 4. The number of aryl methyl sites for hydroxylation is 3. The van der Waals surface area contributed by atoms with E-state index in [9.17, 15) is 0 Å². The van der Waals surface area contributed by atoms with Crippen LogP contribution in [0.25, 0.3) is 0 Å². The summed E-state index contributed by atoms with van der Waals surface area (Å²) in [5.74, 6) is 0. The maximum atomic E-state index is 4.39. The summed E-state index contributed by atoms with van der Waals surface area (Å²) < 4.78 is 3.85.